The zero-order valence-electron chi connectivity index (χ0n) is 20.1. The average molecular weight is 486 g/mol. The largest absolute Gasteiger partial charge is 0.452 e. The van der Waals surface area contributed by atoms with Crippen LogP contribution in [0, 0.1) is 6.92 Å². The van der Waals surface area contributed by atoms with Crippen LogP contribution in [0.1, 0.15) is 55.6 Å². The molecule has 1 aromatic carbocycles. The van der Waals surface area contributed by atoms with E-state index in [0.717, 1.165) is 46.5 Å². The zero-order chi connectivity index (χ0) is 24.2. The molecule has 34 heavy (non-hydrogen) atoms. The van der Waals surface area contributed by atoms with Gasteiger partial charge in [0.05, 0.1) is 54.1 Å². The van der Waals surface area contributed by atoms with Gasteiger partial charge in [0.25, 0.3) is 0 Å². The highest BCUT2D eigenvalue weighted by Crippen LogP contribution is 2.40. The number of hydrogen-bond acceptors (Lipinski definition) is 6. The number of aryl methyl sites for hydroxylation is 2. The maximum Gasteiger partial charge on any atom is 0.414 e. The van der Waals surface area contributed by atoms with Crippen LogP contribution in [0.3, 0.4) is 0 Å². The van der Waals surface area contributed by atoms with E-state index in [2.05, 4.69) is 16.6 Å². The molecule has 9 nitrogen and oxygen atoms in total. The Morgan fingerprint density at radius 1 is 1.29 bits per heavy atom. The van der Waals surface area contributed by atoms with Gasteiger partial charge in [-0.3, -0.25) is 9.58 Å². The van der Waals surface area contributed by atoms with Crippen LogP contribution in [0.2, 0.25) is 0 Å². The summed E-state index contributed by atoms with van der Waals surface area (Å²) < 4.78 is 33.8. The molecule has 0 bridgehead atoms. The molecule has 10 heteroatoms. The minimum atomic E-state index is -3.07. The number of imidazole rings is 1. The minimum Gasteiger partial charge on any atom is -0.452 e. The van der Waals surface area contributed by atoms with Crippen molar-refractivity contribution in [2.24, 2.45) is 0 Å². The summed E-state index contributed by atoms with van der Waals surface area (Å²) in [6.45, 7) is 6.77. The molecule has 0 radical (unpaired) electrons. The van der Waals surface area contributed by atoms with Crippen LogP contribution in [-0.4, -0.2) is 58.5 Å². The first-order chi connectivity index (χ1) is 16.2. The molecule has 2 aromatic heterocycles. The summed E-state index contributed by atoms with van der Waals surface area (Å²) in [7, 11) is -1.68. The van der Waals surface area contributed by atoms with Gasteiger partial charge in [-0.2, -0.15) is 5.10 Å². The monoisotopic (exact) mass is 485 g/mol. The lowest BCUT2D eigenvalue weighted by Gasteiger charge is -2.34. The quantitative estimate of drug-likeness (QED) is 0.560. The Morgan fingerprint density at radius 3 is 2.74 bits per heavy atom. The third-order valence-electron chi connectivity index (χ3n) is 7.09. The lowest BCUT2D eigenvalue weighted by molar-refractivity contribution is 0.175. The first-order valence-electron chi connectivity index (χ1n) is 11.8. The van der Waals surface area contributed by atoms with Crippen LogP contribution in [-0.2, 0) is 27.5 Å². The molecule has 1 saturated heterocycles. The Hall–Kier alpha value is -2.88. The Balaban J connectivity index is 1.65. The number of rotatable bonds is 4. The van der Waals surface area contributed by atoms with Crippen LogP contribution < -0.4 is 4.90 Å². The Morgan fingerprint density at radius 2 is 2.09 bits per heavy atom. The lowest BCUT2D eigenvalue weighted by Crippen LogP contribution is -2.42. The molecule has 0 unspecified atom stereocenters. The van der Waals surface area contributed by atoms with Crippen molar-refractivity contribution in [1.29, 1.82) is 0 Å². The molecule has 2 aliphatic heterocycles. The van der Waals surface area contributed by atoms with Gasteiger partial charge in [-0.15, -0.1) is 0 Å². The molecule has 3 atom stereocenters. The number of anilines is 1. The van der Waals surface area contributed by atoms with Crippen LogP contribution in [0.5, 0.6) is 0 Å². The van der Waals surface area contributed by atoms with Crippen molar-refractivity contribution in [1.82, 2.24) is 19.3 Å². The highest BCUT2D eigenvalue weighted by molar-refractivity contribution is 7.91. The fourth-order valence-electron chi connectivity index (χ4n) is 5.43. The van der Waals surface area contributed by atoms with Gasteiger partial charge in [-0.25, -0.2) is 18.2 Å². The molecule has 0 spiro atoms. The van der Waals surface area contributed by atoms with Gasteiger partial charge in [0, 0.05) is 23.7 Å². The van der Waals surface area contributed by atoms with E-state index in [9.17, 15) is 13.2 Å². The number of amides is 1. The number of hydrogen-bond donors (Lipinski definition) is 0. The van der Waals surface area contributed by atoms with Crippen molar-refractivity contribution in [2.75, 3.05) is 23.5 Å². The number of aromatic nitrogens is 4. The third kappa shape index (κ3) is 3.87. The average Bonchev–Trinajstić information content (AvgIpc) is 3.48. The van der Waals surface area contributed by atoms with E-state index in [1.807, 2.05) is 43.1 Å². The molecule has 1 amide bonds. The molecule has 4 heterocycles. The van der Waals surface area contributed by atoms with Crippen LogP contribution in [0.25, 0.3) is 11.0 Å². The van der Waals surface area contributed by atoms with E-state index in [1.165, 1.54) is 7.11 Å². The smallest absolute Gasteiger partial charge is 0.414 e. The minimum absolute atomic E-state index is 0.0184. The van der Waals surface area contributed by atoms with Crippen molar-refractivity contribution >= 4 is 32.7 Å². The number of carbonyl (C=O) groups excluding carboxylic acids is 1. The van der Waals surface area contributed by atoms with E-state index in [0.29, 0.717) is 13.0 Å². The summed E-state index contributed by atoms with van der Waals surface area (Å²) in [6, 6.07) is 3.82. The molecule has 2 aliphatic rings. The topological polar surface area (TPSA) is 99.3 Å². The fraction of sp³-hybridized carbons (Fsp3) is 0.542. The van der Waals surface area contributed by atoms with E-state index in [4.69, 9.17) is 9.72 Å². The third-order valence-corrected chi connectivity index (χ3v) is 8.84. The number of benzene rings is 1. The van der Waals surface area contributed by atoms with E-state index in [1.54, 1.807) is 4.90 Å². The number of methoxy groups -OCH3 is 1. The molecule has 1 fully saturated rings. The number of ether oxygens (including phenoxy) is 1. The standard InChI is InChI=1S/C24H31N5O4S/c1-15-11-25-27(12-15)13-16(2)23-26-22-19-6-5-17(3)28(24(30)33-4)20(19)7-8-21(22)29(23)18-9-10-34(31,32)14-18/h7-8,11-12,16-18H,5-6,9-10,13-14H2,1-4H3/t16-,17+,18-/m1/s1. The van der Waals surface area contributed by atoms with Gasteiger partial charge >= 0.3 is 6.09 Å². The maximum absolute atomic E-state index is 12.5. The molecular weight excluding hydrogens is 454 g/mol. The number of carbonyl (C=O) groups is 1. The van der Waals surface area contributed by atoms with Gasteiger partial charge in [-0.1, -0.05) is 6.92 Å². The molecular formula is C24H31N5O4S. The number of nitrogens with zero attached hydrogens (tertiary/aromatic N) is 5. The van der Waals surface area contributed by atoms with Crippen LogP contribution >= 0.6 is 0 Å². The predicted octanol–water partition coefficient (Wildman–Crippen LogP) is 3.61. The van der Waals surface area contributed by atoms with E-state index < -0.39 is 9.84 Å². The Kier molecular flexibility index (Phi) is 5.66. The van der Waals surface area contributed by atoms with Gasteiger partial charge in [-0.05, 0) is 50.8 Å². The second-order valence-corrected chi connectivity index (χ2v) is 11.9. The second-order valence-electron chi connectivity index (χ2n) is 9.70. The van der Waals surface area contributed by atoms with Gasteiger partial charge in [0.1, 0.15) is 5.82 Å². The van der Waals surface area contributed by atoms with Crippen molar-refractivity contribution in [3.63, 3.8) is 0 Å². The maximum atomic E-state index is 12.5. The normalized spacial score (nSPS) is 22.6. The first kappa shape index (κ1) is 22.9. The summed E-state index contributed by atoms with van der Waals surface area (Å²) in [4.78, 5) is 19.4. The van der Waals surface area contributed by atoms with Crippen molar-refractivity contribution < 1.29 is 17.9 Å². The summed E-state index contributed by atoms with van der Waals surface area (Å²) in [5, 5.41) is 4.43. The SMILES string of the molecule is COC(=O)N1c2ccc3c(nc([C@H](C)Cn4cc(C)cn4)n3[C@@H]3CCS(=O)(=O)C3)c2CC[C@@H]1C. The summed E-state index contributed by atoms with van der Waals surface area (Å²) in [5.74, 6) is 1.20. The van der Waals surface area contributed by atoms with Crippen LogP contribution in [0.4, 0.5) is 10.5 Å². The van der Waals surface area contributed by atoms with Crippen molar-refractivity contribution in [3.05, 3.63) is 41.5 Å². The predicted molar refractivity (Wildman–Crippen MR) is 130 cm³/mol. The Labute approximate surface area is 199 Å². The van der Waals surface area contributed by atoms with Gasteiger partial charge < -0.3 is 9.30 Å². The van der Waals surface area contributed by atoms with Crippen LogP contribution in [0.15, 0.2) is 24.5 Å². The number of sulfone groups is 1. The first-order valence-corrected chi connectivity index (χ1v) is 13.6. The second kappa shape index (κ2) is 8.41. The van der Waals surface area contributed by atoms with E-state index in [-0.39, 0.29) is 35.6 Å². The summed E-state index contributed by atoms with van der Waals surface area (Å²) >= 11 is 0. The number of fused-ring (bicyclic) bond motifs is 3. The highest BCUT2D eigenvalue weighted by Gasteiger charge is 2.35. The summed E-state index contributed by atoms with van der Waals surface area (Å²) in [5.41, 5.74) is 4.71. The lowest BCUT2D eigenvalue weighted by atomic mass is 9.95. The van der Waals surface area contributed by atoms with Gasteiger partial charge in [0.15, 0.2) is 9.84 Å². The Bertz CT molecular complexity index is 1360. The fourth-order valence-corrected chi connectivity index (χ4v) is 7.13. The summed E-state index contributed by atoms with van der Waals surface area (Å²) in [6.07, 6.45) is 5.64. The highest BCUT2D eigenvalue weighted by atomic mass is 32.2. The molecule has 0 N–H and O–H groups in total. The molecule has 0 saturated carbocycles. The molecule has 182 valence electrons. The zero-order valence-corrected chi connectivity index (χ0v) is 20.9. The molecule has 0 aliphatic carbocycles. The van der Waals surface area contributed by atoms with E-state index >= 15 is 0 Å². The molecule has 3 aromatic rings. The molecule has 5 rings (SSSR count). The van der Waals surface area contributed by atoms with Gasteiger partial charge in [0.2, 0.25) is 0 Å². The van der Waals surface area contributed by atoms with Crippen molar-refractivity contribution in [3.8, 4) is 0 Å². The van der Waals surface area contributed by atoms with Crippen molar-refractivity contribution in [2.45, 2.75) is 64.6 Å².